The van der Waals surface area contributed by atoms with Crippen LogP contribution in [-0.2, 0) is 11.2 Å². The van der Waals surface area contributed by atoms with Crippen LogP contribution in [0.25, 0.3) is 0 Å². The maximum Gasteiger partial charge on any atom is 0.237 e. The molecule has 0 bridgehead atoms. The first-order chi connectivity index (χ1) is 7.81. The number of hydrogen-bond donors (Lipinski definition) is 0. The van der Waals surface area contributed by atoms with Gasteiger partial charge in [0.15, 0.2) is 0 Å². The fourth-order valence-electron chi connectivity index (χ4n) is 2.34. The van der Waals surface area contributed by atoms with Gasteiger partial charge in [0.05, 0.1) is 0 Å². The maximum absolute atomic E-state index is 11.6. The van der Waals surface area contributed by atoms with Crippen molar-refractivity contribution in [1.82, 2.24) is 4.90 Å². The van der Waals surface area contributed by atoms with E-state index < -0.39 is 0 Å². The Balaban J connectivity index is 2.01. The molecule has 0 spiro atoms. The predicted molar refractivity (Wildman–Crippen MR) is 65.6 cm³/mol. The molecule has 1 atom stereocenters. The second kappa shape index (κ2) is 5.35. The molecule has 0 aromatic heterocycles. The normalized spacial score (nSPS) is 20.1. The number of benzene rings is 1. The van der Waals surface area contributed by atoms with Crippen LogP contribution < -0.4 is 0 Å². The summed E-state index contributed by atoms with van der Waals surface area (Å²) in [6.45, 7) is 0.864. The molecular weight excluding hydrogens is 222 g/mol. The van der Waals surface area contributed by atoms with Crippen molar-refractivity contribution in [3.63, 3.8) is 0 Å². The van der Waals surface area contributed by atoms with E-state index in [-0.39, 0.29) is 11.8 Å². The molecule has 2 rings (SSSR count). The zero-order valence-corrected chi connectivity index (χ0v) is 9.99. The average molecular weight is 238 g/mol. The minimum Gasteiger partial charge on any atom is -0.338 e. The van der Waals surface area contributed by atoms with Crippen molar-refractivity contribution in [3.05, 3.63) is 35.9 Å². The summed E-state index contributed by atoms with van der Waals surface area (Å²) in [5.74, 6) is 0.172. The Bertz CT molecular complexity index is 352. The van der Waals surface area contributed by atoms with Gasteiger partial charge in [-0.05, 0) is 24.8 Å². The molecule has 1 amide bonds. The summed E-state index contributed by atoms with van der Waals surface area (Å²) in [5.41, 5.74) is 1.29. The van der Waals surface area contributed by atoms with Crippen molar-refractivity contribution < 1.29 is 4.79 Å². The third-order valence-corrected chi connectivity index (χ3v) is 3.35. The topological polar surface area (TPSA) is 20.3 Å². The summed E-state index contributed by atoms with van der Waals surface area (Å²) >= 11 is 5.61. The molecule has 2 nitrogen and oxygen atoms in total. The van der Waals surface area contributed by atoms with Crippen molar-refractivity contribution in [1.29, 1.82) is 0 Å². The lowest BCUT2D eigenvalue weighted by Gasteiger charge is -2.24. The lowest BCUT2D eigenvalue weighted by molar-refractivity contribution is -0.129. The Morgan fingerprint density at radius 1 is 1.38 bits per heavy atom. The summed E-state index contributed by atoms with van der Waals surface area (Å²) in [6.07, 6.45) is 3.14. The molecular formula is C13H16ClNO. The maximum atomic E-state index is 11.6. The van der Waals surface area contributed by atoms with Crippen LogP contribution in [0, 0.1) is 0 Å². The van der Waals surface area contributed by atoms with E-state index >= 15 is 0 Å². The SMILES string of the molecule is O=C(CCl)N1CCCC1Cc1ccccc1. The van der Waals surface area contributed by atoms with Crippen LogP contribution >= 0.6 is 11.6 Å². The first-order valence-corrected chi connectivity index (χ1v) is 6.24. The predicted octanol–water partition coefficient (Wildman–Crippen LogP) is 2.46. The molecule has 1 saturated heterocycles. The number of carbonyl (C=O) groups excluding carboxylic acids is 1. The average Bonchev–Trinajstić information content (AvgIpc) is 2.77. The zero-order valence-electron chi connectivity index (χ0n) is 9.23. The Kier molecular flexibility index (Phi) is 3.83. The first-order valence-electron chi connectivity index (χ1n) is 5.70. The van der Waals surface area contributed by atoms with E-state index in [9.17, 15) is 4.79 Å². The quantitative estimate of drug-likeness (QED) is 0.740. The second-order valence-electron chi connectivity index (χ2n) is 4.21. The summed E-state index contributed by atoms with van der Waals surface area (Å²) < 4.78 is 0. The first kappa shape index (κ1) is 11.5. The fourth-order valence-corrected chi connectivity index (χ4v) is 2.49. The highest BCUT2D eigenvalue weighted by molar-refractivity contribution is 6.27. The minimum atomic E-state index is 0.0695. The lowest BCUT2D eigenvalue weighted by atomic mass is 10.0. The van der Waals surface area contributed by atoms with E-state index in [2.05, 4.69) is 12.1 Å². The summed E-state index contributed by atoms with van der Waals surface area (Å²) in [6, 6.07) is 10.7. The van der Waals surface area contributed by atoms with Crippen molar-refractivity contribution in [3.8, 4) is 0 Å². The molecule has 1 unspecified atom stereocenters. The van der Waals surface area contributed by atoms with Crippen LogP contribution in [0.1, 0.15) is 18.4 Å². The number of nitrogens with zero attached hydrogens (tertiary/aromatic N) is 1. The molecule has 3 heteroatoms. The number of rotatable bonds is 3. The smallest absolute Gasteiger partial charge is 0.237 e. The monoisotopic (exact) mass is 237 g/mol. The fraction of sp³-hybridized carbons (Fsp3) is 0.462. The summed E-state index contributed by atoms with van der Waals surface area (Å²) in [5, 5.41) is 0. The van der Waals surface area contributed by atoms with Crippen LogP contribution in [0.15, 0.2) is 30.3 Å². The van der Waals surface area contributed by atoms with Gasteiger partial charge in [-0.25, -0.2) is 0 Å². The van der Waals surface area contributed by atoms with Gasteiger partial charge in [-0.15, -0.1) is 11.6 Å². The Morgan fingerprint density at radius 3 is 2.81 bits per heavy atom. The molecule has 1 aromatic carbocycles. The van der Waals surface area contributed by atoms with Crippen LogP contribution in [0.5, 0.6) is 0 Å². The van der Waals surface area contributed by atoms with Crippen molar-refractivity contribution in [2.45, 2.75) is 25.3 Å². The van der Waals surface area contributed by atoms with Crippen molar-refractivity contribution >= 4 is 17.5 Å². The highest BCUT2D eigenvalue weighted by Gasteiger charge is 2.27. The van der Waals surface area contributed by atoms with E-state index in [0.29, 0.717) is 6.04 Å². The second-order valence-corrected chi connectivity index (χ2v) is 4.47. The molecule has 1 heterocycles. The lowest BCUT2D eigenvalue weighted by Crippen LogP contribution is -2.37. The molecule has 0 radical (unpaired) electrons. The van der Waals surface area contributed by atoms with Gasteiger partial charge in [-0.3, -0.25) is 4.79 Å². The summed E-state index contributed by atoms with van der Waals surface area (Å²) in [7, 11) is 0. The number of hydrogen-bond acceptors (Lipinski definition) is 1. The molecule has 86 valence electrons. The van der Waals surface area contributed by atoms with Crippen molar-refractivity contribution in [2.24, 2.45) is 0 Å². The molecule has 1 aliphatic heterocycles. The van der Waals surface area contributed by atoms with Crippen molar-refractivity contribution in [2.75, 3.05) is 12.4 Å². The standard InChI is InChI=1S/C13H16ClNO/c14-10-13(16)15-8-4-7-12(15)9-11-5-2-1-3-6-11/h1-3,5-6,12H,4,7-10H2. The Morgan fingerprint density at radius 2 is 2.12 bits per heavy atom. The molecule has 1 fully saturated rings. The highest BCUT2D eigenvalue weighted by atomic mass is 35.5. The van der Waals surface area contributed by atoms with Gasteiger partial charge >= 0.3 is 0 Å². The molecule has 1 aromatic rings. The molecule has 0 saturated carbocycles. The summed E-state index contributed by atoms with van der Waals surface area (Å²) in [4.78, 5) is 13.5. The largest absolute Gasteiger partial charge is 0.338 e. The van der Waals surface area contributed by atoms with Gasteiger partial charge in [0, 0.05) is 12.6 Å². The third-order valence-electron chi connectivity index (χ3n) is 3.13. The number of amides is 1. The Hall–Kier alpha value is -1.02. The van der Waals surface area contributed by atoms with Gasteiger partial charge in [-0.1, -0.05) is 30.3 Å². The van der Waals surface area contributed by atoms with Gasteiger partial charge in [-0.2, -0.15) is 0 Å². The number of likely N-dealkylation sites (tertiary alicyclic amines) is 1. The van der Waals surface area contributed by atoms with Gasteiger partial charge in [0.2, 0.25) is 5.91 Å². The highest BCUT2D eigenvalue weighted by Crippen LogP contribution is 2.21. The molecule has 0 N–H and O–H groups in total. The van der Waals surface area contributed by atoms with Crippen LogP contribution in [-0.4, -0.2) is 29.3 Å². The van der Waals surface area contributed by atoms with Crippen LogP contribution in [0.4, 0.5) is 0 Å². The molecule has 1 aliphatic rings. The van der Waals surface area contributed by atoms with Crippen LogP contribution in [0.3, 0.4) is 0 Å². The van der Waals surface area contributed by atoms with E-state index in [1.165, 1.54) is 5.56 Å². The number of halogens is 1. The van der Waals surface area contributed by atoms with E-state index in [0.717, 1.165) is 25.8 Å². The van der Waals surface area contributed by atoms with Gasteiger partial charge in [0.25, 0.3) is 0 Å². The molecule has 16 heavy (non-hydrogen) atoms. The van der Waals surface area contributed by atoms with E-state index in [4.69, 9.17) is 11.6 Å². The van der Waals surface area contributed by atoms with Gasteiger partial charge < -0.3 is 4.90 Å². The number of alkyl halides is 1. The van der Waals surface area contributed by atoms with E-state index in [1.807, 2.05) is 23.1 Å². The van der Waals surface area contributed by atoms with E-state index in [1.54, 1.807) is 0 Å². The zero-order chi connectivity index (χ0) is 11.4. The van der Waals surface area contributed by atoms with Crippen LogP contribution in [0.2, 0.25) is 0 Å². The Labute approximate surface area is 101 Å². The minimum absolute atomic E-state index is 0.0695. The van der Waals surface area contributed by atoms with Gasteiger partial charge in [0.1, 0.15) is 5.88 Å². The third kappa shape index (κ3) is 2.56. The number of carbonyl (C=O) groups is 1. The molecule has 0 aliphatic carbocycles.